The van der Waals surface area contributed by atoms with Gasteiger partial charge in [0.2, 0.25) is 0 Å². The predicted octanol–water partition coefficient (Wildman–Crippen LogP) is 1.67. The van der Waals surface area contributed by atoms with Crippen LogP contribution in [0.15, 0.2) is 29.5 Å². The zero-order chi connectivity index (χ0) is 21.8. The van der Waals surface area contributed by atoms with E-state index in [1.54, 1.807) is 0 Å². The van der Waals surface area contributed by atoms with E-state index in [-0.39, 0.29) is 42.2 Å². The Bertz CT molecular complexity index is 805. The molecule has 2 rings (SSSR count). The van der Waals surface area contributed by atoms with E-state index in [2.05, 4.69) is 10.1 Å². The van der Waals surface area contributed by atoms with E-state index >= 15 is 0 Å². The van der Waals surface area contributed by atoms with Crippen molar-refractivity contribution in [1.29, 1.82) is 0 Å². The molecule has 0 bridgehead atoms. The van der Waals surface area contributed by atoms with Gasteiger partial charge in [-0.25, -0.2) is 4.79 Å². The molecule has 1 aliphatic rings. The van der Waals surface area contributed by atoms with Gasteiger partial charge in [0.1, 0.15) is 5.70 Å². The molecule has 2 N–H and O–H groups in total. The van der Waals surface area contributed by atoms with E-state index in [0.717, 1.165) is 19.2 Å². The van der Waals surface area contributed by atoms with Gasteiger partial charge in [0, 0.05) is 32.0 Å². The molecule has 0 aromatic heterocycles. The van der Waals surface area contributed by atoms with Crippen molar-refractivity contribution in [2.24, 2.45) is 0 Å². The van der Waals surface area contributed by atoms with Crippen molar-refractivity contribution in [2.75, 3.05) is 46.3 Å². The first-order valence-electron chi connectivity index (χ1n) is 8.43. The number of β-amino-alcohol motifs (C(OH)–C–C–N with tert-alkyl or cyclic N) is 1. The van der Waals surface area contributed by atoms with E-state index in [9.17, 15) is 22.8 Å². The van der Waals surface area contributed by atoms with Crippen molar-refractivity contribution in [2.45, 2.75) is 12.5 Å². The average Bonchev–Trinajstić information content (AvgIpc) is 2.98. The summed E-state index contributed by atoms with van der Waals surface area (Å²) in [6.45, 7) is -0.509. The number of carbonyl (C=O) groups excluding carboxylic acids is 2. The molecule has 11 heteroatoms. The smallest absolute Gasteiger partial charge is 0.416 e. The highest BCUT2D eigenvalue weighted by Crippen LogP contribution is 2.38. The summed E-state index contributed by atoms with van der Waals surface area (Å²) in [5.41, 5.74) is -1.58. The van der Waals surface area contributed by atoms with Crippen LogP contribution in [0.5, 0.6) is 0 Å². The number of nitrogens with zero attached hydrogens (tertiary/aromatic N) is 1. The number of amides is 1. The molecule has 1 aliphatic heterocycles. The van der Waals surface area contributed by atoms with E-state index in [1.807, 2.05) is 0 Å². The fourth-order valence-electron chi connectivity index (χ4n) is 2.93. The maximum Gasteiger partial charge on any atom is 0.416 e. The summed E-state index contributed by atoms with van der Waals surface area (Å²) >= 11 is 0. The van der Waals surface area contributed by atoms with Gasteiger partial charge in [0.05, 0.1) is 31.4 Å². The number of carbonyl (C=O) groups is 2. The Kier molecular flexibility index (Phi) is 7.22. The molecule has 0 spiro atoms. The lowest BCUT2D eigenvalue weighted by atomic mass is 10.0. The van der Waals surface area contributed by atoms with Gasteiger partial charge in [-0.1, -0.05) is 6.07 Å². The summed E-state index contributed by atoms with van der Waals surface area (Å²) in [5.74, 6) is -1.43. The largest absolute Gasteiger partial charge is 0.466 e. The first-order chi connectivity index (χ1) is 13.7. The highest BCUT2D eigenvalue weighted by Gasteiger charge is 2.37. The molecule has 0 aliphatic carbocycles. The molecule has 0 fully saturated rings. The molecule has 160 valence electrons. The van der Waals surface area contributed by atoms with Crippen molar-refractivity contribution >= 4 is 17.6 Å². The van der Waals surface area contributed by atoms with Crippen LogP contribution in [0.2, 0.25) is 0 Å². The third-order valence-electron chi connectivity index (χ3n) is 4.26. The van der Waals surface area contributed by atoms with Gasteiger partial charge in [-0.2, -0.15) is 13.2 Å². The van der Waals surface area contributed by atoms with Crippen LogP contribution in [0.3, 0.4) is 0 Å². The third-order valence-corrected chi connectivity index (χ3v) is 4.26. The number of anilines is 1. The summed E-state index contributed by atoms with van der Waals surface area (Å²) in [7, 11) is 3.54. The van der Waals surface area contributed by atoms with Crippen LogP contribution in [-0.2, 0) is 30.0 Å². The Morgan fingerprint density at radius 3 is 2.45 bits per heavy atom. The third kappa shape index (κ3) is 4.86. The number of aliphatic hydroxyl groups is 1. The number of nitrogens with one attached hydrogen (secondary N) is 1. The average molecular weight is 418 g/mol. The molecular formula is C18H21F3N2O6. The number of halogens is 3. The SMILES string of the molecule is COC(=O)C1=C(Nc2ccc(C(OC)OC)c(C(F)(F)F)c2)C(=O)N(CCO)C1. The summed E-state index contributed by atoms with van der Waals surface area (Å²) in [6.07, 6.45) is -5.96. The molecule has 0 unspecified atom stereocenters. The number of methoxy groups -OCH3 is 3. The summed E-state index contributed by atoms with van der Waals surface area (Å²) in [6, 6.07) is 3.26. The molecule has 8 nitrogen and oxygen atoms in total. The van der Waals surface area contributed by atoms with E-state index in [4.69, 9.17) is 14.6 Å². The topological polar surface area (TPSA) is 97.3 Å². The number of benzene rings is 1. The standard InChI is InChI=1S/C18H21F3N2O6/c1-27-16(26)12-9-23(6-7-24)15(25)14(12)22-10-4-5-11(17(28-2)29-3)13(8-10)18(19,20)21/h4-5,8,17,22,24H,6-7,9H2,1-3H3. The Balaban J connectivity index is 2.46. The minimum absolute atomic E-state index is 0.0411. The van der Waals surface area contributed by atoms with Gasteiger partial charge in [-0.05, 0) is 12.1 Å². The Hall–Kier alpha value is -2.63. The lowest BCUT2D eigenvalue weighted by Gasteiger charge is -2.21. The number of ether oxygens (including phenoxy) is 3. The summed E-state index contributed by atoms with van der Waals surface area (Å²) in [5, 5.41) is 11.6. The van der Waals surface area contributed by atoms with Gasteiger partial charge < -0.3 is 29.5 Å². The first kappa shape index (κ1) is 22.7. The second-order valence-corrected chi connectivity index (χ2v) is 6.02. The molecule has 29 heavy (non-hydrogen) atoms. The molecule has 1 heterocycles. The second-order valence-electron chi connectivity index (χ2n) is 6.02. The van der Waals surface area contributed by atoms with Gasteiger partial charge >= 0.3 is 12.1 Å². The van der Waals surface area contributed by atoms with Crippen molar-refractivity contribution < 1.29 is 42.1 Å². The maximum atomic E-state index is 13.5. The maximum absolute atomic E-state index is 13.5. The van der Waals surface area contributed by atoms with Gasteiger partial charge in [0.25, 0.3) is 5.91 Å². The van der Waals surface area contributed by atoms with Gasteiger partial charge in [-0.15, -0.1) is 0 Å². The van der Waals surface area contributed by atoms with Crippen LogP contribution in [0, 0.1) is 0 Å². The van der Waals surface area contributed by atoms with Crippen LogP contribution in [0.1, 0.15) is 17.4 Å². The van der Waals surface area contributed by atoms with Crippen molar-refractivity contribution in [3.63, 3.8) is 0 Å². The van der Waals surface area contributed by atoms with Crippen LogP contribution >= 0.6 is 0 Å². The predicted molar refractivity (Wildman–Crippen MR) is 94.5 cm³/mol. The van der Waals surface area contributed by atoms with Crippen molar-refractivity contribution in [1.82, 2.24) is 4.90 Å². The zero-order valence-corrected chi connectivity index (χ0v) is 16.0. The molecular weight excluding hydrogens is 397 g/mol. The first-order valence-corrected chi connectivity index (χ1v) is 8.43. The Morgan fingerprint density at radius 1 is 1.28 bits per heavy atom. The number of rotatable bonds is 8. The van der Waals surface area contributed by atoms with E-state index in [1.165, 1.54) is 25.2 Å². The summed E-state index contributed by atoms with van der Waals surface area (Å²) in [4.78, 5) is 25.7. The quantitative estimate of drug-likeness (QED) is 0.490. The zero-order valence-electron chi connectivity index (χ0n) is 16.0. The monoisotopic (exact) mass is 418 g/mol. The highest BCUT2D eigenvalue weighted by atomic mass is 19.4. The molecule has 0 radical (unpaired) electrons. The number of hydrogen-bond donors (Lipinski definition) is 2. The van der Waals surface area contributed by atoms with Crippen LogP contribution in [0.25, 0.3) is 0 Å². The van der Waals surface area contributed by atoms with Crippen molar-refractivity contribution in [3.05, 3.63) is 40.6 Å². The van der Waals surface area contributed by atoms with Crippen LogP contribution in [0.4, 0.5) is 18.9 Å². The second kappa shape index (κ2) is 9.25. The fourth-order valence-corrected chi connectivity index (χ4v) is 2.93. The molecule has 1 amide bonds. The normalized spacial score (nSPS) is 14.8. The van der Waals surface area contributed by atoms with E-state index < -0.39 is 29.9 Å². The number of esters is 1. The molecule has 0 saturated heterocycles. The molecule has 1 aromatic rings. The van der Waals surface area contributed by atoms with E-state index in [0.29, 0.717) is 0 Å². The Morgan fingerprint density at radius 2 is 1.93 bits per heavy atom. The lowest BCUT2D eigenvalue weighted by molar-refractivity contribution is -0.147. The minimum Gasteiger partial charge on any atom is -0.466 e. The number of hydrogen-bond acceptors (Lipinski definition) is 7. The summed E-state index contributed by atoms with van der Waals surface area (Å²) < 4.78 is 55.1. The highest BCUT2D eigenvalue weighted by molar-refractivity contribution is 6.08. The Labute approximate surface area is 164 Å². The molecule has 1 aromatic carbocycles. The van der Waals surface area contributed by atoms with Gasteiger partial charge in [-0.3, -0.25) is 4.79 Å². The minimum atomic E-state index is -4.72. The van der Waals surface area contributed by atoms with Crippen LogP contribution in [-0.4, -0.2) is 62.9 Å². The van der Waals surface area contributed by atoms with Gasteiger partial charge in [0.15, 0.2) is 6.29 Å². The number of alkyl halides is 3. The fraction of sp³-hybridized carbons (Fsp3) is 0.444. The molecule has 0 atom stereocenters. The van der Waals surface area contributed by atoms with Crippen molar-refractivity contribution in [3.8, 4) is 0 Å². The molecule has 0 saturated carbocycles. The number of aliphatic hydroxyl groups excluding tert-OH is 1. The van der Waals surface area contributed by atoms with Crippen LogP contribution < -0.4 is 5.32 Å². The lowest BCUT2D eigenvalue weighted by Crippen LogP contribution is -2.31.